The standard InChI is InChI=1S/C20H20N4O3S/c1-13-3-5-16(14(2)9-13)24-11-21-23-20(24)28-8-7-19(25)22-15-4-6-17-18(10-15)27-12-26-17/h3-6,9-11H,7-8,12H2,1-2H3,(H,22,25). The number of hydrogen-bond donors (Lipinski definition) is 1. The van der Waals surface area contributed by atoms with Crippen LogP contribution >= 0.6 is 11.8 Å². The maximum atomic E-state index is 12.2. The second-order valence-electron chi connectivity index (χ2n) is 6.49. The number of amides is 1. The number of anilines is 1. The number of carbonyl (C=O) groups excluding carboxylic acids is 1. The summed E-state index contributed by atoms with van der Waals surface area (Å²) >= 11 is 1.50. The fourth-order valence-corrected chi connectivity index (χ4v) is 3.86. The largest absolute Gasteiger partial charge is 0.454 e. The zero-order valence-electron chi connectivity index (χ0n) is 15.6. The highest BCUT2D eigenvalue weighted by atomic mass is 32.2. The second-order valence-corrected chi connectivity index (χ2v) is 7.55. The smallest absolute Gasteiger partial charge is 0.231 e. The van der Waals surface area contributed by atoms with Crippen LogP contribution in [0.25, 0.3) is 5.69 Å². The van der Waals surface area contributed by atoms with Crippen molar-refractivity contribution in [1.29, 1.82) is 0 Å². The van der Waals surface area contributed by atoms with E-state index in [1.165, 1.54) is 17.3 Å². The molecule has 1 aromatic heterocycles. The van der Waals surface area contributed by atoms with Gasteiger partial charge in [0, 0.05) is 23.9 Å². The number of benzene rings is 2. The summed E-state index contributed by atoms with van der Waals surface area (Å²) in [6.45, 7) is 4.34. The van der Waals surface area contributed by atoms with Crippen LogP contribution in [0.3, 0.4) is 0 Å². The molecule has 28 heavy (non-hydrogen) atoms. The van der Waals surface area contributed by atoms with Crippen molar-refractivity contribution >= 4 is 23.4 Å². The third-order valence-corrected chi connectivity index (χ3v) is 5.29. The summed E-state index contributed by atoms with van der Waals surface area (Å²) in [4.78, 5) is 12.2. The molecule has 0 aliphatic carbocycles. The lowest BCUT2D eigenvalue weighted by Gasteiger charge is -2.10. The molecular weight excluding hydrogens is 376 g/mol. The van der Waals surface area contributed by atoms with E-state index in [2.05, 4.69) is 47.6 Å². The van der Waals surface area contributed by atoms with Gasteiger partial charge in [-0.1, -0.05) is 29.5 Å². The van der Waals surface area contributed by atoms with Crippen LogP contribution in [0.2, 0.25) is 0 Å². The van der Waals surface area contributed by atoms with Gasteiger partial charge in [-0.25, -0.2) is 0 Å². The number of rotatable bonds is 6. The topological polar surface area (TPSA) is 78.3 Å². The van der Waals surface area contributed by atoms with Gasteiger partial charge in [-0.05, 0) is 37.6 Å². The number of ether oxygens (including phenoxy) is 2. The van der Waals surface area contributed by atoms with Crippen LogP contribution in [0.5, 0.6) is 11.5 Å². The molecule has 1 aliphatic rings. The quantitative estimate of drug-likeness (QED) is 0.640. The van der Waals surface area contributed by atoms with Gasteiger partial charge in [0.2, 0.25) is 12.7 Å². The molecule has 8 heteroatoms. The molecule has 1 N–H and O–H groups in total. The lowest BCUT2D eigenvalue weighted by Crippen LogP contribution is -2.12. The van der Waals surface area contributed by atoms with Crippen LogP contribution in [0.4, 0.5) is 5.69 Å². The number of aryl methyl sites for hydroxylation is 2. The van der Waals surface area contributed by atoms with E-state index in [1.807, 2.05) is 4.57 Å². The molecule has 0 spiro atoms. The molecule has 0 saturated carbocycles. The number of hydrogen-bond acceptors (Lipinski definition) is 6. The average molecular weight is 396 g/mol. The normalized spacial score (nSPS) is 12.2. The highest BCUT2D eigenvalue weighted by Crippen LogP contribution is 2.34. The van der Waals surface area contributed by atoms with Crippen LogP contribution in [0, 0.1) is 13.8 Å². The van der Waals surface area contributed by atoms with E-state index in [0.29, 0.717) is 29.4 Å². The van der Waals surface area contributed by atoms with Crippen LogP contribution in [0.15, 0.2) is 47.9 Å². The lowest BCUT2D eigenvalue weighted by molar-refractivity contribution is -0.115. The van der Waals surface area contributed by atoms with E-state index in [0.717, 1.165) is 16.4 Å². The van der Waals surface area contributed by atoms with E-state index in [1.54, 1.807) is 24.5 Å². The van der Waals surface area contributed by atoms with Crippen molar-refractivity contribution in [1.82, 2.24) is 14.8 Å². The van der Waals surface area contributed by atoms with Crippen LogP contribution < -0.4 is 14.8 Å². The summed E-state index contributed by atoms with van der Waals surface area (Å²) in [5.74, 6) is 1.87. The maximum Gasteiger partial charge on any atom is 0.231 e. The van der Waals surface area contributed by atoms with Gasteiger partial charge in [-0.2, -0.15) is 0 Å². The highest BCUT2D eigenvalue weighted by Gasteiger charge is 2.15. The molecule has 2 heterocycles. The fraction of sp³-hybridized carbons (Fsp3) is 0.250. The molecule has 1 amide bonds. The van der Waals surface area contributed by atoms with Crippen molar-refractivity contribution < 1.29 is 14.3 Å². The third-order valence-electron chi connectivity index (χ3n) is 4.34. The van der Waals surface area contributed by atoms with Crippen molar-refractivity contribution in [2.24, 2.45) is 0 Å². The maximum absolute atomic E-state index is 12.2. The van der Waals surface area contributed by atoms with Gasteiger partial charge in [-0.3, -0.25) is 9.36 Å². The van der Waals surface area contributed by atoms with Gasteiger partial charge in [-0.15, -0.1) is 10.2 Å². The lowest BCUT2D eigenvalue weighted by atomic mass is 10.1. The Morgan fingerprint density at radius 3 is 2.89 bits per heavy atom. The molecule has 0 radical (unpaired) electrons. The first-order chi connectivity index (χ1) is 13.6. The Bertz CT molecular complexity index is 1020. The van der Waals surface area contributed by atoms with Gasteiger partial charge in [0.1, 0.15) is 6.33 Å². The summed E-state index contributed by atoms with van der Waals surface area (Å²) in [6.07, 6.45) is 2.06. The Kier molecular flexibility index (Phi) is 5.21. The Morgan fingerprint density at radius 2 is 2.04 bits per heavy atom. The van der Waals surface area contributed by atoms with Crippen LogP contribution in [-0.4, -0.2) is 33.2 Å². The van der Waals surface area contributed by atoms with Crippen molar-refractivity contribution in [3.63, 3.8) is 0 Å². The molecule has 0 bridgehead atoms. The molecule has 0 unspecified atom stereocenters. The van der Waals surface area contributed by atoms with Crippen molar-refractivity contribution in [3.8, 4) is 17.2 Å². The Labute approximate surface area is 167 Å². The summed E-state index contributed by atoms with van der Waals surface area (Å²) in [7, 11) is 0. The minimum Gasteiger partial charge on any atom is -0.454 e. The predicted molar refractivity (Wildman–Crippen MR) is 107 cm³/mol. The monoisotopic (exact) mass is 396 g/mol. The minimum atomic E-state index is -0.0658. The van der Waals surface area contributed by atoms with Crippen molar-refractivity contribution in [3.05, 3.63) is 53.9 Å². The molecule has 2 aromatic carbocycles. The van der Waals surface area contributed by atoms with E-state index in [-0.39, 0.29) is 12.7 Å². The highest BCUT2D eigenvalue weighted by molar-refractivity contribution is 7.99. The number of aromatic nitrogens is 3. The Hall–Kier alpha value is -3.00. The molecule has 7 nitrogen and oxygen atoms in total. The summed E-state index contributed by atoms with van der Waals surface area (Å²) in [5.41, 5.74) is 4.10. The molecule has 1 aliphatic heterocycles. The van der Waals surface area contributed by atoms with Crippen molar-refractivity contribution in [2.45, 2.75) is 25.4 Å². The molecule has 3 aromatic rings. The van der Waals surface area contributed by atoms with E-state index in [4.69, 9.17) is 9.47 Å². The summed E-state index contributed by atoms with van der Waals surface area (Å²) in [6, 6.07) is 11.6. The van der Waals surface area contributed by atoms with Gasteiger partial charge < -0.3 is 14.8 Å². The van der Waals surface area contributed by atoms with Crippen LogP contribution in [0.1, 0.15) is 17.5 Å². The minimum absolute atomic E-state index is 0.0658. The number of nitrogens with one attached hydrogen (secondary N) is 1. The van der Waals surface area contributed by atoms with Gasteiger partial charge in [0.15, 0.2) is 16.7 Å². The zero-order valence-corrected chi connectivity index (χ0v) is 16.5. The first kappa shape index (κ1) is 18.4. The number of nitrogens with zero attached hydrogens (tertiary/aromatic N) is 3. The molecule has 0 atom stereocenters. The molecule has 0 saturated heterocycles. The zero-order chi connectivity index (χ0) is 19.5. The fourth-order valence-electron chi connectivity index (χ4n) is 3.00. The second kappa shape index (κ2) is 7.93. The Morgan fingerprint density at radius 1 is 1.18 bits per heavy atom. The first-order valence-electron chi connectivity index (χ1n) is 8.90. The van der Waals surface area contributed by atoms with Crippen LogP contribution in [-0.2, 0) is 4.79 Å². The van der Waals surface area contributed by atoms with E-state index >= 15 is 0 Å². The SMILES string of the molecule is Cc1ccc(-n2cnnc2SCCC(=O)Nc2ccc3c(c2)OCO3)c(C)c1. The number of fused-ring (bicyclic) bond motifs is 1. The van der Waals surface area contributed by atoms with Gasteiger partial charge in [0.25, 0.3) is 0 Å². The predicted octanol–water partition coefficient (Wildman–Crippen LogP) is 3.73. The van der Waals surface area contributed by atoms with Gasteiger partial charge in [0.05, 0.1) is 5.69 Å². The Balaban J connectivity index is 1.34. The summed E-state index contributed by atoms with van der Waals surface area (Å²) < 4.78 is 12.6. The number of carbonyl (C=O) groups is 1. The summed E-state index contributed by atoms with van der Waals surface area (Å²) in [5, 5.41) is 11.9. The van der Waals surface area contributed by atoms with Gasteiger partial charge >= 0.3 is 0 Å². The van der Waals surface area contributed by atoms with E-state index in [9.17, 15) is 4.79 Å². The number of thioether (sulfide) groups is 1. The average Bonchev–Trinajstić information content (AvgIpc) is 3.30. The van der Waals surface area contributed by atoms with E-state index < -0.39 is 0 Å². The molecule has 144 valence electrons. The third kappa shape index (κ3) is 3.96. The molecular formula is C20H20N4O3S. The molecule has 4 rings (SSSR count). The first-order valence-corrected chi connectivity index (χ1v) is 9.88. The van der Waals surface area contributed by atoms with Crippen molar-refractivity contribution in [2.75, 3.05) is 17.9 Å². The molecule has 0 fully saturated rings.